The lowest BCUT2D eigenvalue weighted by atomic mass is 10.1. The van der Waals surface area contributed by atoms with Gasteiger partial charge in [0.1, 0.15) is 5.75 Å². The number of hydrogen-bond donors (Lipinski definition) is 1. The van der Waals surface area contributed by atoms with Crippen LogP contribution in [0.15, 0.2) is 23.0 Å². The number of phenols is 1. The van der Waals surface area contributed by atoms with Crippen LogP contribution in [0.3, 0.4) is 0 Å². The van der Waals surface area contributed by atoms with E-state index >= 15 is 0 Å². The Balaban J connectivity index is 2.76. The summed E-state index contributed by atoms with van der Waals surface area (Å²) in [5.41, 5.74) is 0.458. The van der Waals surface area contributed by atoms with E-state index in [4.69, 9.17) is 23.8 Å². The van der Waals surface area contributed by atoms with Gasteiger partial charge in [0.2, 0.25) is 0 Å². The van der Waals surface area contributed by atoms with Crippen molar-refractivity contribution >= 4 is 23.8 Å². The average molecular weight is 284 g/mol. The third-order valence-corrected chi connectivity index (χ3v) is 3.38. The Morgan fingerprint density at radius 1 is 1.39 bits per heavy atom. The summed E-state index contributed by atoms with van der Waals surface area (Å²) in [4.78, 5) is 12.1. The van der Waals surface area contributed by atoms with Crippen molar-refractivity contribution in [2.75, 3.05) is 0 Å². The monoisotopic (exact) mass is 283 g/mol. The first-order chi connectivity index (χ1) is 8.41. The van der Waals surface area contributed by atoms with Crippen molar-refractivity contribution in [1.82, 2.24) is 14.3 Å². The maximum absolute atomic E-state index is 12.1. The SMILES string of the molecule is Cn1nc(-c2ccc(O)c(Cl)c2)c(=O)n(C)c1=S. The van der Waals surface area contributed by atoms with Gasteiger partial charge in [0.25, 0.3) is 5.56 Å². The molecule has 2 rings (SSSR count). The lowest BCUT2D eigenvalue weighted by Crippen LogP contribution is -2.25. The smallest absolute Gasteiger partial charge is 0.280 e. The Morgan fingerprint density at radius 3 is 2.67 bits per heavy atom. The molecule has 0 aliphatic heterocycles. The van der Waals surface area contributed by atoms with Crippen molar-refractivity contribution < 1.29 is 5.11 Å². The predicted molar refractivity (Wildman–Crippen MR) is 71.4 cm³/mol. The highest BCUT2D eigenvalue weighted by Crippen LogP contribution is 2.27. The van der Waals surface area contributed by atoms with Gasteiger partial charge in [-0.1, -0.05) is 11.6 Å². The van der Waals surface area contributed by atoms with Crippen LogP contribution in [0, 0.1) is 4.77 Å². The third kappa shape index (κ3) is 2.04. The van der Waals surface area contributed by atoms with E-state index in [1.165, 1.54) is 21.4 Å². The summed E-state index contributed by atoms with van der Waals surface area (Å²) in [5.74, 6) is -0.0403. The van der Waals surface area contributed by atoms with Gasteiger partial charge in [-0.15, -0.1) is 0 Å². The number of benzene rings is 1. The molecule has 7 heteroatoms. The molecule has 0 radical (unpaired) electrons. The molecule has 18 heavy (non-hydrogen) atoms. The standard InChI is InChI=1S/C11H10ClN3O2S/c1-14-10(17)9(13-15(2)11(14)18)6-3-4-8(16)7(12)5-6/h3-5,16H,1-2H3. The van der Waals surface area contributed by atoms with Crippen LogP contribution in [0.2, 0.25) is 5.02 Å². The molecule has 0 saturated heterocycles. The van der Waals surface area contributed by atoms with Gasteiger partial charge in [-0.2, -0.15) is 5.10 Å². The topological polar surface area (TPSA) is 60.0 Å². The van der Waals surface area contributed by atoms with Gasteiger partial charge in [-0.05, 0) is 30.4 Å². The maximum atomic E-state index is 12.1. The Labute approximate surface area is 113 Å². The van der Waals surface area contributed by atoms with Gasteiger partial charge in [-0.25, -0.2) is 4.68 Å². The lowest BCUT2D eigenvalue weighted by Gasteiger charge is -2.07. The fourth-order valence-corrected chi connectivity index (χ4v) is 1.84. The molecule has 0 aliphatic rings. The third-order valence-electron chi connectivity index (χ3n) is 2.54. The summed E-state index contributed by atoms with van der Waals surface area (Å²) in [5, 5.41) is 13.6. The van der Waals surface area contributed by atoms with Crippen LogP contribution in [-0.4, -0.2) is 19.5 Å². The molecule has 1 N–H and O–H groups in total. The zero-order valence-corrected chi connectivity index (χ0v) is 11.3. The molecular formula is C11H10ClN3O2S. The second-order valence-corrected chi connectivity index (χ2v) is 4.56. The molecule has 1 heterocycles. The summed E-state index contributed by atoms with van der Waals surface area (Å²) in [6.07, 6.45) is 0. The summed E-state index contributed by atoms with van der Waals surface area (Å²) in [6, 6.07) is 4.48. The highest BCUT2D eigenvalue weighted by molar-refractivity contribution is 7.71. The highest BCUT2D eigenvalue weighted by atomic mass is 35.5. The van der Waals surface area contributed by atoms with Crippen molar-refractivity contribution in [1.29, 1.82) is 0 Å². The molecule has 2 aromatic rings. The van der Waals surface area contributed by atoms with Crippen LogP contribution in [0.4, 0.5) is 0 Å². The first kappa shape index (κ1) is 12.8. The van der Waals surface area contributed by atoms with Crippen molar-refractivity contribution in [3.05, 3.63) is 38.3 Å². The summed E-state index contributed by atoms with van der Waals surface area (Å²) >= 11 is 10.8. The minimum Gasteiger partial charge on any atom is -0.506 e. The van der Waals surface area contributed by atoms with Crippen molar-refractivity contribution in [2.24, 2.45) is 14.1 Å². The van der Waals surface area contributed by atoms with Crippen LogP contribution >= 0.6 is 23.8 Å². The molecule has 0 bridgehead atoms. The number of hydrogen-bond acceptors (Lipinski definition) is 4. The molecule has 94 valence electrons. The molecule has 0 spiro atoms. The first-order valence-corrected chi connectivity index (χ1v) is 5.83. The number of phenolic OH excluding ortho intramolecular Hbond substituents is 1. The van der Waals surface area contributed by atoms with Gasteiger partial charge < -0.3 is 5.11 Å². The van der Waals surface area contributed by atoms with Crippen LogP contribution in [0.5, 0.6) is 5.75 Å². The minimum atomic E-state index is -0.306. The second kappa shape index (κ2) is 4.55. The zero-order chi connectivity index (χ0) is 13.4. The number of nitrogens with zero attached hydrogens (tertiary/aromatic N) is 3. The molecule has 0 fully saturated rings. The van der Waals surface area contributed by atoms with Crippen molar-refractivity contribution in [3.63, 3.8) is 0 Å². The fourth-order valence-electron chi connectivity index (χ4n) is 1.53. The molecule has 1 aromatic heterocycles. The van der Waals surface area contributed by atoms with Crippen LogP contribution in [-0.2, 0) is 14.1 Å². The largest absolute Gasteiger partial charge is 0.506 e. The predicted octanol–water partition coefficient (Wildman–Crippen LogP) is 1.87. The number of aromatic nitrogens is 3. The van der Waals surface area contributed by atoms with Crippen LogP contribution in [0.1, 0.15) is 0 Å². The number of halogens is 1. The summed E-state index contributed by atoms with van der Waals surface area (Å²) in [7, 11) is 3.24. The van der Waals surface area contributed by atoms with E-state index in [1.807, 2.05) is 0 Å². The molecule has 1 aromatic carbocycles. The first-order valence-electron chi connectivity index (χ1n) is 5.05. The molecule has 0 amide bonds. The zero-order valence-electron chi connectivity index (χ0n) is 9.72. The lowest BCUT2D eigenvalue weighted by molar-refractivity contribution is 0.475. The second-order valence-electron chi connectivity index (χ2n) is 3.79. The van der Waals surface area contributed by atoms with E-state index in [1.54, 1.807) is 20.2 Å². The molecule has 0 unspecified atom stereocenters. The normalized spacial score (nSPS) is 10.6. The average Bonchev–Trinajstić information content (AvgIpc) is 2.35. The summed E-state index contributed by atoms with van der Waals surface area (Å²) < 4.78 is 3.10. The van der Waals surface area contributed by atoms with Gasteiger partial charge >= 0.3 is 0 Å². The quantitative estimate of drug-likeness (QED) is 0.812. The van der Waals surface area contributed by atoms with E-state index in [0.717, 1.165) is 0 Å². The Morgan fingerprint density at radius 2 is 2.06 bits per heavy atom. The van der Waals surface area contributed by atoms with E-state index in [9.17, 15) is 9.90 Å². The molecule has 0 saturated carbocycles. The molecule has 0 aliphatic carbocycles. The van der Waals surface area contributed by atoms with E-state index in [-0.39, 0.29) is 22.0 Å². The molecule has 5 nitrogen and oxygen atoms in total. The van der Waals surface area contributed by atoms with E-state index in [2.05, 4.69) is 5.10 Å². The van der Waals surface area contributed by atoms with Crippen molar-refractivity contribution in [3.8, 4) is 17.0 Å². The number of aryl methyl sites for hydroxylation is 1. The van der Waals surface area contributed by atoms with Crippen LogP contribution < -0.4 is 5.56 Å². The van der Waals surface area contributed by atoms with Gasteiger partial charge in [0.05, 0.1) is 5.02 Å². The maximum Gasteiger partial charge on any atom is 0.280 e. The van der Waals surface area contributed by atoms with Crippen LogP contribution in [0.25, 0.3) is 11.3 Å². The van der Waals surface area contributed by atoms with Gasteiger partial charge in [0.15, 0.2) is 10.5 Å². The Bertz CT molecular complexity index is 736. The summed E-state index contributed by atoms with van der Waals surface area (Å²) in [6.45, 7) is 0. The molecule has 0 atom stereocenters. The molecular weight excluding hydrogens is 274 g/mol. The van der Waals surface area contributed by atoms with Gasteiger partial charge in [-0.3, -0.25) is 9.36 Å². The van der Waals surface area contributed by atoms with E-state index in [0.29, 0.717) is 10.3 Å². The highest BCUT2D eigenvalue weighted by Gasteiger charge is 2.11. The Hall–Kier alpha value is -1.66. The van der Waals surface area contributed by atoms with Gasteiger partial charge in [0, 0.05) is 19.7 Å². The fraction of sp³-hybridized carbons (Fsp3) is 0.182. The van der Waals surface area contributed by atoms with E-state index < -0.39 is 0 Å². The number of aromatic hydroxyl groups is 1. The van der Waals surface area contributed by atoms with Crippen molar-refractivity contribution in [2.45, 2.75) is 0 Å². The Kier molecular flexibility index (Phi) is 3.23. The minimum absolute atomic E-state index is 0.0403. The number of rotatable bonds is 1.